The van der Waals surface area contributed by atoms with Gasteiger partial charge in [0.15, 0.2) is 0 Å². The van der Waals surface area contributed by atoms with Gasteiger partial charge in [-0.1, -0.05) is 23.9 Å². The lowest BCUT2D eigenvalue weighted by molar-refractivity contribution is -0.137. The van der Waals surface area contributed by atoms with E-state index in [-0.39, 0.29) is 11.6 Å². The van der Waals surface area contributed by atoms with Crippen molar-refractivity contribution in [3.05, 3.63) is 35.4 Å². The average molecular weight is 348 g/mol. The number of amides is 2. The number of carbonyl (C=O) groups excluding carboxylic acids is 2. The van der Waals surface area contributed by atoms with Crippen LogP contribution in [0.25, 0.3) is 0 Å². The highest BCUT2D eigenvalue weighted by Gasteiger charge is 2.38. The van der Waals surface area contributed by atoms with Crippen molar-refractivity contribution in [3.8, 4) is 0 Å². The Kier molecular flexibility index (Phi) is 5.08. The first-order valence-electron chi connectivity index (χ1n) is 6.77. The Hall–Kier alpha value is -1.90. The Morgan fingerprint density at radius 3 is 2.70 bits per heavy atom. The van der Waals surface area contributed by atoms with Gasteiger partial charge in [-0.3, -0.25) is 4.79 Å². The molecule has 1 saturated heterocycles. The van der Waals surface area contributed by atoms with Crippen LogP contribution in [0.1, 0.15) is 30.3 Å². The number of alkyl halides is 3. The summed E-state index contributed by atoms with van der Waals surface area (Å²) < 4.78 is 43.2. The number of halogens is 3. The fourth-order valence-corrected chi connectivity index (χ4v) is 2.97. The summed E-state index contributed by atoms with van der Waals surface area (Å²) in [7, 11) is 0. The summed E-state index contributed by atoms with van der Waals surface area (Å²) in [6, 6.07) is 4.51. The number of hydrogen-bond acceptors (Lipinski definition) is 4. The third-order valence-electron chi connectivity index (χ3n) is 2.88. The minimum atomic E-state index is -4.46. The van der Waals surface area contributed by atoms with Gasteiger partial charge in [0.1, 0.15) is 5.37 Å². The Balaban J connectivity index is 2.06. The molecule has 9 heteroatoms. The van der Waals surface area contributed by atoms with Crippen LogP contribution in [0.4, 0.5) is 18.0 Å². The van der Waals surface area contributed by atoms with Crippen LogP contribution in [0.5, 0.6) is 0 Å². The van der Waals surface area contributed by atoms with Crippen molar-refractivity contribution < 1.29 is 27.5 Å². The molecule has 0 radical (unpaired) electrons. The van der Waals surface area contributed by atoms with Crippen LogP contribution in [-0.2, 0) is 15.7 Å². The molecule has 0 spiro atoms. The maximum atomic E-state index is 12.7. The molecule has 1 aromatic rings. The monoisotopic (exact) mass is 348 g/mol. The van der Waals surface area contributed by atoms with E-state index in [1.165, 1.54) is 12.1 Å². The molecule has 0 saturated carbocycles. The topological polar surface area (TPSA) is 67.4 Å². The maximum Gasteiger partial charge on any atom is 0.416 e. The number of nitrogens with one attached hydrogen (secondary N) is 2. The fourth-order valence-electron chi connectivity index (χ4n) is 1.90. The van der Waals surface area contributed by atoms with Crippen LogP contribution < -0.4 is 10.6 Å². The van der Waals surface area contributed by atoms with Crippen LogP contribution >= 0.6 is 11.8 Å². The standard InChI is InChI=1S/C14H15F3N2O3S/c1-7(2)18-13(21)22-12-10(20)19-11(23-12)8-4-3-5-9(6-8)14(15,16)17/h3-7,11-12H,1-2H3,(H,18,21)(H,19,20). The third-order valence-corrected chi connectivity index (χ3v) is 4.10. The van der Waals surface area contributed by atoms with Crippen molar-refractivity contribution in [2.75, 3.05) is 0 Å². The molecule has 0 bridgehead atoms. The molecule has 5 nitrogen and oxygen atoms in total. The number of benzene rings is 1. The van der Waals surface area contributed by atoms with E-state index >= 15 is 0 Å². The van der Waals surface area contributed by atoms with E-state index in [1.54, 1.807) is 13.8 Å². The first kappa shape index (κ1) is 17.5. The van der Waals surface area contributed by atoms with E-state index in [4.69, 9.17) is 4.74 Å². The molecule has 1 aliphatic rings. The smallest absolute Gasteiger partial charge is 0.416 e. The molecule has 2 rings (SSSR count). The van der Waals surface area contributed by atoms with E-state index < -0.39 is 34.6 Å². The van der Waals surface area contributed by atoms with Crippen molar-refractivity contribution in [1.82, 2.24) is 10.6 Å². The molecule has 1 aliphatic heterocycles. The van der Waals surface area contributed by atoms with Crippen LogP contribution in [0.3, 0.4) is 0 Å². The van der Waals surface area contributed by atoms with E-state index in [0.717, 1.165) is 23.9 Å². The summed E-state index contributed by atoms with van der Waals surface area (Å²) in [5, 5.41) is 4.27. The summed E-state index contributed by atoms with van der Waals surface area (Å²) in [6.45, 7) is 3.46. The second-order valence-electron chi connectivity index (χ2n) is 5.18. The molecule has 0 aliphatic carbocycles. The molecule has 1 heterocycles. The number of thioether (sulfide) groups is 1. The van der Waals surface area contributed by atoms with E-state index in [2.05, 4.69) is 10.6 Å². The predicted molar refractivity (Wildman–Crippen MR) is 78.5 cm³/mol. The zero-order valence-corrected chi connectivity index (χ0v) is 13.1. The summed E-state index contributed by atoms with van der Waals surface area (Å²) in [5.74, 6) is -0.559. The van der Waals surface area contributed by atoms with Gasteiger partial charge in [0.05, 0.1) is 5.56 Å². The summed E-state index contributed by atoms with van der Waals surface area (Å²) in [6.07, 6.45) is -5.21. The Morgan fingerprint density at radius 1 is 1.39 bits per heavy atom. The second-order valence-corrected chi connectivity index (χ2v) is 6.36. The lowest BCUT2D eigenvalue weighted by atomic mass is 10.1. The van der Waals surface area contributed by atoms with Gasteiger partial charge in [0, 0.05) is 6.04 Å². The number of ether oxygens (including phenoxy) is 1. The molecule has 1 aromatic carbocycles. The molecule has 23 heavy (non-hydrogen) atoms. The third kappa shape index (κ3) is 4.54. The summed E-state index contributed by atoms with van der Waals surface area (Å²) >= 11 is 0.936. The fraction of sp³-hybridized carbons (Fsp3) is 0.429. The van der Waals surface area contributed by atoms with Crippen molar-refractivity contribution in [2.24, 2.45) is 0 Å². The first-order valence-corrected chi connectivity index (χ1v) is 7.71. The highest BCUT2D eigenvalue weighted by Crippen LogP contribution is 2.38. The quantitative estimate of drug-likeness (QED) is 0.881. The van der Waals surface area contributed by atoms with Gasteiger partial charge in [-0.2, -0.15) is 13.2 Å². The first-order chi connectivity index (χ1) is 10.7. The molecule has 2 N–H and O–H groups in total. The number of carbonyl (C=O) groups is 2. The zero-order valence-electron chi connectivity index (χ0n) is 12.3. The molecule has 1 fully saturated rings. The highest BCUT2D eigenvalue weighted by molar-refractivity contribution is 8.01. The Morgan fingerprint density at radius 2 is 2.09 bits per heavy atom. The number of rotatable bonds is 3. The molecule has 0 aromatic heterocycles. The van der Waals surface area contributed by atoms with E-state index in [0.29, 0.717) is 0 Å². The zero-order chi connectivity index (χ0) is 17.2. The van der Waals surface area contributed by atoms with Crippen molar-refractivity contribution in [3.63, 3.8) is 0 Å². The average Bonchev–Trinajstić information content (AvgIpc) is 2.78. The van der Waals surface area contributed by atoms with Crippen molar-refractivity contribution in [2.45, 2.75) is 36.9 Å². The molecule has 2 unspecified atom stereocenters. The largest absolute Gasteiger partial charge is 0.425 e. The predicted octanol–water partition coefficient (Wildman–Crippen LogP) is 3.03. The number of hydrogen-bond donors (Lipinski definition) is 2. The SMILES string of the molecule is CC(C)NC(=O)OC1SC(c2cccc(C(F)(F)F)c2)NC1=O. The Labute approximate surface area is 135 Å². The van der Waals surface area contributed by atoms with E-state index in [9.17, 15) is 22.8 Å². The Bertz CT molecular complexity index is 607. The van der Waals surface area contributed by atoms with Crippen LogP contribution in [0, 0.1) is 0 Å². The lowest BCUT2D eigenvalue weighted by Crippen LogP contribution is -2.35. The maximum absolute atomic E-state index is 12.7. The van der Waals surface area contributed by atoms with Crippen molar-refractivity contribution >= 4 is 23.8 Å². The molecule has 2 atom stereocenters. The van der Waals surface area contributed by atoms with Crippen LogP contribution in [0.15, 0.2) is 24.3 Å². The minimum Gasteiger partial charge on any atom is -0.425 e. The van der Waals surface area contributed by atoms with Gasteiger partial charge in [0.2, 0.25) is 5.44 Å². The second kappa shape index (κ2) is 6.69. The van der Waals surface area contributed by atoms with Gasteiger partial charge in [-0.05, 0) is 31.5 Å². The van der Waals surface area contributed by atoms with Gasteiger partial charge in [-0.15, -0.1) is 0 Å². The molecular weight excluding hydrogens is 333 g/mol. The molecule has 2 amide bonds. The van der Waals surface area contributed by atoms with Gasteiger partial charge in [0.25, 0.3) is 5.91 Å². The number of alkyl carbamates (subject to hydrolysis) is 1. The lowest BCUT2D eigenvalue weighted by Gasteiger charge is -2.14. The van der Waals surface area contributed by atoms with Gasteiger partial charge in [-0.25, -0.2) is 4.79 Å². The summed E-state index contributed by atoms with van der Waals surface area (Å²) in [4.78, 5) is 23.3. The van der Waals surface area contributed by atoms with Crippen LogP contribution in [-0.4, -0.2) is 23.5 Å². The van der Waals surface area contributed by atoms with E-state index in [1.807, 2.05) is 0 Å². The van der Waals surface area contributed by atoms with Crippen molar-refractivity contribution in [1.29, 1.82) is 0 Å². The van der Waals surface area contributed by atoms with Gasteiger partial charge >= 0.3 is 12.3 Å². The van der Waals surface area contributed by atoms with Crippen LogP contribution in [0.2, 0.25) is 0 Å². The normalized spacial score (nSPS) is 21.2. The van der Waals surface area contributed by atoms with Gasteiger partial charge < -0.3 is 15.4 Å². The summed E-state index contributed by atoms with van der Waals surface area (Å²) in [5.41, 5.74) is -1.62. The molecular formula is C14H15F3N2O3S. The highest BCUT2D eigenvalue weighted by atomic mass is 32.2. The molecule has 126 valence electrons. The minimum absolute atomic E-state index is 0.156.